The van der Waals surface area contributed by atoms with E-state index in [-0.39, 0.29) is 6.04 Å². The highest BCUT2D eigenvalue weighted by Gasteiger charge is 2.27. The van der Waals surface area contributed by atoms with Gasteiger partial charge in [-0.25, -0.2) is 0 Å². The summed E-state index contributed by atoms with van der Waals surface area (Å²) in [5.41, 5.74) is 5.52. The Labute approximate surface area is 119 Å². The van der Waals surface area contributed by atoms with Crippen LogP contribution < -0.4 is 10.2 Å². The molecule has 2 atom stereocenters. The second-order valence-electron chi connectivity index (χ2n) is 5.20. The topological polar surface area (TPSA) is 30.5 Å². The van der Waals surface area contributed by atoms with Crippen molar-refractivity contribution >= 4 is 0 Å². The lowest BCUT2D eigenvalue weighted by atomic mass is 9.93. The Hall–Kier alpha value is -1.84. The first-order chi connectivity index (χ1) is 9.84. The molecule has 3 heteroatoms. The van der Waals surface area contributed by atoms with Crippen LogP contribution in [-0.4, -0.2) is 6.61 Å². The molecular weight excluding hydrogens is 250 g/mol. The number of fused-ring (bicyclic) bond motifs is 1. The number of para-hydroxylation sites is 1. The number of benzene rings is 2. The van der Waals surface area contributed by atoms with Gasteiger partial charge in [0.05, 0.1) is 19.3 Å². The number of hydrogen-bond acceptors (Lipinski definition) is 3. The summed E-state index contributed by atoms with van der Waals surface area (Å²) >= 11 is 0. The van der Waals surface area contributed by atoms with Crippen molar-refractivity contribution in [3.63, 3.8) is 0 Å². The summed E-state index contributed by atoms with van der Waals surface area (Å²) in [5, 5.41) is 0. The minimum Gasteiger partial charge on any atom is -0.493 e. The van der Waals surface area contributed by atoms with Crippen LogP contribution in [0.4, 0.5) is 0 Å². The number of rotatable bonds is 4. The Kier molecular flexibility index (Phi) is 4.00. The maximum absolute atomic E-state index is 5.74. The van der Waals surface area contributed by atoms with Gasteiger partial charge in [-0.2, -0.15) is 5.48 Å². The molecule has 2 aromatic carbocycles. The third-order valence-electron chi connectivity index (χ3n) is 3.62. The van der Waals surface area contributed by atoms with Crippen molar-refractivity contribution in [1.82, 2.24) is 5.48 Å². The molecule has 3 nitrogen and oxygen atoms in total. The van der Waals surface area contributed by atoms with E-state index in [1.807, 2.05) is 36.4 Å². The third-order valence-corrected chi connectivity index (χ3v) is 3.62. The molecule has 0 aliphatic carbocycles. The fraction of sp³-hybridized carbons (Fsp3) is 0.294. The molecular formula is C17H19NO2. The minimum atomic E-state index is 0.170. The average Bonchev–Trinajstić information content (AvgIpc) is 2.50. The first-order valence-corrected chi connectivity index (χ1v) is 6.97. The molecule has 0 radical (unpaired) electrons. The average molecular weight is 269 g/mol. The summed E-state index contributed by atoms with van der Waals surface area (Å²) in [4.78, 5) is 5.68. The van der Waals surface area contributed by atoms with Crippen molar-refractivity contribution in [1.29, 1.82) is 0 Å². The van der Waals surface area contributed by atoms with Crippen LogP contribution in [0.3, 0.4) is 0 Å². The summed E-state index contributed by atoms with van der Waals surface area (Å²) < 4.78 is 5.74. The largest absolute Gasteiger partial charge is 0.493 e. The van der Waals surface area contributed by atoms with Gasteiger partial charge in [0.2, 0.25) is 0 Å². The van der Waals surface area contributed by atoms with Crippen LogP contribution in [-0.2, 0) is 11.4 Å². The summed E-state index contributed by atoms with van der Waals surface area (Å²) in [6.45, 7) is 3.44. The lowest BCUT2D eigenvalue weighted by molar-refractivity contribution is -0.0207. The number of ether oxygens (including phenoxy) is 1. The van der Waals surface area contributed by atoms with Gasteiger partial charge >= 0.3 is 0 Å². The van der Waals surface area contributed by atoms with Crippen LogP contribution in [0.1, 0.15) is 24.1 Å². The lowest BCUT2D eigenvalue weighted by Crippen LogP contribution is -2.33. The zero-order chi connectivity index (χ0) is 13.8. The fourth-order valence-corrected chi connectivity index (χ4v) is 2.46. The lowest BCUT2D eigenvalue weighted by Gasteiger charge is -2.31. The van der Waals surface area contributed by atoms with Gasteiger partial charge in [-0.3, -0.25) is 4.84 Å². The van der Waals surface area contributed by atoms with E-state index in [0.29, 0.717) is 19.1 Å². The van der Waals surface area contributed by atoms with Gasteiger partial charge in [0.15, 0.2) is 0 Å². The van der Waals surface area contributed by atoms with Crippen LogP contribution in [0.25, 0.3) is 0 Å². The highest BCUT2D eigenvalue weighted by Crippen LogP contribution is 2.34. The van der Waals surface area contributed by atoms with Gasteiger partial charge in [-0.1, -0.05) is 55.5 Å². The fourth-order valence-electron chi connectivity index (χ4n) is 2.46. The molecule has 2 aromatic rings. The second kappa shape index (κ2) is 6.07. The predicted molar refractivity (Wildman–Crippen MR) is 78.2 cm³/mol. The zero-order valence-corrected chi connectivity index (χ0v) is 11.6. The van der Waals surface area contributed by atoms with E-state index in [9.17, 15) is 0 Å². The number of hydrogen-bond donors (Lipinski definition) is 1. The molecule has 0 spiro atoms. The van der Waals surface area contributed by atoms with E-state index in [0.717, 1.165) is 11.3 Å². The van der Waals surface area contributed by atoms with Gasteiger partial charge in [0, 0.05) is 11.5 Å². The van der Waals surface area contributed by atoms with E-state index in [2.05, 4.69) is 30.6 Å². The molecule has 1 heterocycles. The first-order valence-electron chi connectivity index (χ1n) is 6.97. The number of hydroxylamine groups is 1. The Morgan fingerprint density at radius 1 is 1.10 bits per heavy atom. The summed E-state index contributed by atoms with van der Waals surface area (Å²) in [6, 6.07) is 18.5. The van der Waals surface area contributed by atoms with Crippen LogP contribution in [0, 0.1) is 5.92 Å². The van der Waals surface area contributed by atoms with Crippen molar-refractivity contribution in [2.75, 3.05) is 6.61 Å². The van der Waals surface area contributed by atoms with Crippen molar-refractivity contribution in [2.24, 2.45) is 5.92 Å². The first kappa shape index (κ1) is 13.2. The number of nitrogens with one attached hydrogen (secondary N) is 1. The molecule has 104 valence electrons. The maximum atomic E-state index is 5.74. The highest BCUT2D eigenvalue weighted by atomic mass is 16.6. The van der Waals surface area contributed by atoms with E-state index < -0.39 is 0 Å². The van der Waals surface area contributed by atoms with E-state index >= 15 is 0 Å². The molecule has 0 bridgehead atoms. The van der Waals surface area contributed by atoms with Crippen LogP contribution in [0.2, 0.25) is 0 Å². The van der Waals surface area contributed by atoms with Gasteiger partial charge < -0.3 is 4.74 Å². The van der Waals surface area contributed by atoms with Crippen LogP contribution >= 0.6 is 0 Å². The predicted octanol–water partition coefficient (Wildman–Crippen LogP) is 3.48. The minimum absolute atomic E-state index is 0.170. The molecule has 0 amide bonds. The molecule has 0 fully saturated rings. The van der Waals surface area contributed by atoms with Crippen molar-refractivity contribution in [3.05, 3.63) is 65.7 Å². The van der Waals surface area contributed by atoms with E-state index in [4.69, 9.17) is 9.57 Å². The quantitative estimate of drug-likeness (QED) is 0.862. The van der Waals surface area contributed by atoms with Crippen molar-refractivity contribution in [3.8, 4) is 5.75 Å². The van der Waals surface area contributed by atoms with E-state index in [1.54, 1.807) is 0 Å². The normalized spacial score (nSPS) is 21.1. The Balaban J connectivity index is 1.65. The van der Waals surface area contributed by atoms with Crippen molar-refractivity contribution < 1.29 is 9.57 Å². The van der Waals surface area contributed by atoms with Gasteiger partial charge in [-0.15, -0.1) is 0 Å². The molecule has 1 N–H and O–H groups in total. The van der Waals surface area contributed by atoms with E-state index in [1.165, 1.54) is 5.56 Å². The highest BCUT2D eigenvalue weighted by molar-refractivity contribution is 5.37. The smallest absolute Gasteiger partial charge is 0.124 e. The second-order valence-corrected chi connectivity index (χ2v) is 5.20. The Morgan fingerprint density at radius 3 is 2.70 bits per heavy atom. The molecule has 1 aliphatic heterocycles. The Bertz CT molecular complexity index is 556. The Morgan fingerprint density at radius 2 is 1.85 bits per heavy atom. The monoisotopic (exact) mass is 269 g/mol. The molecule has 20 heavy (non-hydrogen) atoms. The molecule has 0 saturated heterocycles. The molecule has 1 aliphatic rings. The summed E-state index contributed by atoms with van der Waals surface area (Å²) in [7, 11) is 0. The van der Waals surface area contributed by atoms with Gasteiger partial charge in [-0.05, 0) is 11.6 Å². The molecule has 2 unspecified atom stereocenters. The molecule has 0 saturated carbocycles. The molecule has 3 rings (SSSR count). The molecule has 0 aromatic heterocycles. The maximum Gasteiger partial charge on any atom is 0.124 e. The SMILES string of the molecule is CC1COc2ccccc2C1NOCc1ccccc1. The summed E-state index contributed by atoms with van der Waals surface area (Å²) in [5.74, 6) is 1.33. The van der Waals surface area contributed by atoms with Gasteiger partial charge in [0.25, 0.3) is 0 Å². The van der Waals surface area contributed by atoms with Crippen molar-refractivity contribution in [2.45, 2.75) is 19.6 Å². The van der Waals surface area contributed by atoms with Gasteiger partial charge in [0.1, 0.15) is 5.75 Å². The van der Waals surface area contributed by atoms with Crippen LogP contribution in [0.15, 0.2) is 54.6 Å². The summed E-state index contributed by atoms with van der Waals surface area (Å²) in [6.07, 6.45) is 0. The third kappa shape index (κ3) is 2.84. The van der Waals surface area contributed by atoms with Crippen LogP contribution in [0.5, 0.6) is 5.75 Å². The zero-order valence-electron chi connectivity index (χ0n) is 11.6. The standard InChI is InChI=1S/C17H19NO2/c1-13-11-19-16-10-6-5-9-15(16)17(13)18-20-12-14-7-3-2-4-8-14/h2-10,13,17-18H,11-12H2,1H3.